The molecule has 2 aromatic rings. The molecule has 1 saturated heterocycles. The Morgan fingerprint density at radius 3 is 2.72 bits per heavy atom. The van der Waals surface area contributed by atoms with E-state index < -0.39 is 69.6 Å². The predicted molar refractivity (Wildman–Crippen MR) is 131 cm³/mol. The van der Waals surface area contributed by atoms with Gasteiger partial charge in [0.15, 0.2) is 6.61 Å². The molecule has 2 aromatic heterocycles. The molecular weight excluding hydrogens is 554 g/mol. The first-order chi connectivity index (χ1) is 18.3. The third-order valence-electron chi connectivity index (χ3n) is 6.68. The number of carbonyl (C=O) groups is 1. The molecule has 2 aliphatic rings. The molecule has 4 rings (SSSR count). The number of hydrogen-bond acceptors (Lipinski definition) is 8. The van der Waals surface area contributed by atoms with Crippen molar-refractivity contribution in [3.8, 4) is 5.75 Å². The summed E-state index contributed by atoms with van der Waals surface area (Å²) in [6.07, 6.45) is -1.92. The summed E-state index contributed by atoms with van der Waals surface area (Å²) in [6, 6.07) is 4.18. The van der Waals surface area contributed by atoms with E-state index in [1.54, 1.807) is 6.92 Å². The molecule has 214 valence electrons. The van der Waals surface area contributed by atoms with Crippen LogP contribution in [0.2, 0.25) is 0 Å². The van der Waals surface area contributed by atoms with Gasteiger partial charge in [-0.05, 0) is 44.0 Å². The minimum atomic E-state index is -4.37. The molecule has 0 radical (unpaired) electrons. The van der Waals surface area contributed by atoms with Crippen LogP contribution in [0.25, 0.3) is 0 Å². The smallest absolute Gasteiger partial charge is 0.340 e. The van der Waals surface area contributed by atoms with Gasteiger partial charge in [0, 0.05) is 12.3 Å². The number of rotatable bonds is 8. The van der Waals surface area contributed by atoms with E-state index in [2.05, 4.69) is 29.7 Å². The van der Waals surface area contributed by atoms with Crippen LogP contribution in [0.1, 0.15) is 35.9 Å². The number of aliphatic imine (C=N–C) groups is 1. The van der Waals surface area contributed by atoms with Gasteiger partial charge in [-0.15, -0.1) is 0 Å². The Balaban J connectivity index is 1.55. The van der Waals surface area contributed by atoms with Gasteiger partial charge in [0.05, 0.1) is 10.9 Å². The molecule has 9 nitrogen and oxygen atoms in total. The molecule has 3 atom stereocenters. The lowest BCUT2D eigenvalue weighted by molar-refractivity contribution is -0.148. The highest BCUT2D eigenvalue weighted by atomic mass is 32.3. The second-order valence-corrected chi connectivity index (χ2v) is 12.3. The summed E-state index contributed by atoms with van der Waals surface area (Å²) in [5, 5.41) is 2.35. The summed E-state index contributed by atoms with van der Waals surface area (Å²) >= 11 is 0. The van der Waals surface area contributed by atoms with Crippen LogP contribution in [-0.4, -0.2) is 68.9 Å². The number of pyridine rings is 2. The fraction of sp³-hybridized carbons (Fsp3) is 0.478. The summed E-state index contributed by atoms with van der Waals surface area (Å²) < 4.78 is 100. The van der Waals surface area contributed by atoms with Gasteiger partial charge in [0.25, 0.3) is 5.91 Å². The Morgan fingerprint density at radius 2 is 2.08 bits per heavy atom. The fourth-order valence-electron chi connectivity index (χ4n) is 4.33. The summed E-state index contributed by atoms with van der Waals surface area (Å²) in [7, 11) is -3.02. The van der Waals surface area contributed by atoms with Crippen LogP contribution in [-0.2, 0) is 5.54 Å². The van der Waals surface area contributed by atoms with Gasteiger partial charge in [-0.25, -0.2) is 27.5 Å². The first-order valence-corrected chi connectivity index (χ1v) is 13.4. The Bertz CT molecular complexity index is 1270. The molecular formula is C23H25F6N6O3S-. The first-order valence-electron chi connectivity index (χ1n) is 11.7. The van der Waals surface area contributed by atoms with Crippen molar-refractivity contribution < 1.29 is 40.4 Å². The van der Waals surface area contributed by atoms with E-state index in [1.165, 1.54) is 0 Å². The average Bonchev–Trinajstić information content (AvgIpc) is 2.89. The summed E-state index contributed by atoms with van der Waals surface area (Å²) in [4.78, 5) is 24.7. The number of anilines is 1. The average molecular weight is 580 g/mol. The number of hydrogen-bond donors (Lipinski definition) is 3. The number of amides is 1. The zero-order chi connectivity index (χ0) is 28.6. The number of halogens is 6. The Hall–Kier alpha value is -3.11. The second kappa shape index (κ2) is 10.5. The van der Waals surface area contributed by atoms with Crippen molar-refractivity contribution in [1.29, 1.82) is 0 Å². The van der Waals surface area contributed by atoms with Gasteiger partial charge in [-0.2, -0.15) is 8.78 Å². The predicted octanol–water partition coefficient (Wildman–Crippen LogP) is 3.67. The van der Waals surface area contributed by atoms with Crippen LogP contribution in [0.4, 0.5) is 32.2 Å². The van der Waals surface area contributed by atoms with Gasteiger partial charge in [0.1, 0.15) is 46.8 Å². The van der Waals surface area contributed by atoms with E-state index >= 15 is 0 Å². The lowest BCUT2D eigenvalue weighted by Crippen LogP contribution is -2.61. The third-order valence-corrected chi connectivity index (χ3v) is 10.1. The number of ether oxygens (including phenoxy) is 1. The lowest BCUT2D eigenvalue weighted by atomic mass is 9.95. The molecule has 0 saturated carbocycles. The van der Waals surface area contributed by atoms with Crippen molar-refractivity contribution in [3.63, 3.8) is 0 Å². The van der Waals surface area contributed by atoms with Crippen molar-refractivity contribution in [3.05, 3.63) is 47.7 Å². The maximum atomic E-state index is 15.0. The Morgan fingerprint density at radius 1 is 1.33 bits per heavy atom. The third kappa shape index (κ3) is 5.36. The number of nitrogens with one attached hydrogen (secondary N) is 2. The van der Waals surface area contributed by atoms with E-state index in [1.807, 2.05) is 0 Å². The quantitative estimate of drug-likeness (QED) is 0.406. The van der Waals surface area contributed by atoms with Crippen LogP contribution in [0.5, 0.6) is 5.75 Å². The summed E-state index contributed by atoms with van der Waals surface area (Å²) in [6.45, 7) is -0.792. The maximum absolute atomic E-state index is 15.0. The molecule has 0 spiro atoms. The van der Waals surface area contributed by atoms with Crippen LogP contribution < -0.4 is 20.5 Å². The van der Waals surface area contributed by atoms with Crippen molar-refractivity contribution in [1.82, 2.24) is 14.7 Å². The number of fused-ring (bicyclic) bond motifs is 1. The fourth-order valence-corrected chi connectivity index (χ4v) is 7.35. The normalized spacial score (nSPS) is 28.7. The molecule has 0 aliphatic carbocycles. The Kier molecular flexibility index (Phi) is 7.75. The van der Waals surface area contributed by atoms with Gasteiger partial charge < -0.3 is 20.3 Å². The molecule has 4 heterocycles. The number of nitrogens with zero attached hydrogens (tertiary/aromatic N) is 3. The highest BCUT2D eigenvalue weighted by Crippen LogP contribution is 2.62. The molecule has 1 fully saturated rings. The van der Waals surface area contributed by atoms with Crippen molar-refractivity contribution in [2.75, 3.05) is 30.9 Å². The molecule has 0 bridgehead atoms. The van der Waals surface area contributed by atoms with Crippen molar-refractivity contribution >= 4 is 28.1 Å². The van der Waals surface area contributed by atoms with Crippen LogP contribution >= 0.6 is 10.5 Å². The Labute approximate surface area is 220 Å². The molecule has 2 aliphatic heterocycles. The largest absolute Gasteiger partial charge is 0.800 e. The van der Waals surface area contributed by atoms with E-state index in [0.717, 1.165) is 30.5 Å². The molecule has 1 unspecified atom stereocenters. The van der Waals surface area contributed by atoms with E-state index in [-0.39, 0.29) is 23.1 Å². The monoisotopic (exact) mass is 579 g/mol. The highest BCUT2D eigenvalue weighted by molar-refractivity contribution is 8.29. The van der Waals surface area contributed by atoms with Gasteiger partial charge in [-0.1, -0.05) is 0 Å². The van der Waals surface area contributed by atoms with Crippen molar-refractivity contribution in [2.24, 2.45) is 10.7 Å². The van der Waals surface area contributed by atoms with Gasteiger partial charge >= 0.3 is 12.3 Å². The van der Waals surface area contributed by atoms with Crippen LogP contribution in [0.3, 0.4) is 0 Å². The lowest BCUT2D eigenvalue weighted by Gasteiger charge is -2.66. The first kappa shape index (κ1) is 28.9. The summed E-state index contributed by atoms with van der Waals surface area (Å²) in [5.74, 6) is -7.17. The van der Waals surface area contributed by atoms with Gasteiger partial charge in [0.2, 0.25) is 0 Å². The van der Waals surface area contributed by atoms with E-state index in [0.29, 0.717) is 19.4 Å². The van der Waals surface area contributed by atoms with Gasteiger partial charge in [-0.3, -0.25) is 25.0 Å². The molecule has 16 heteroatoms. The molecule has 4 N–H and O–H groups in total. The minimum absolute atomic E-state index is 0.0861. The number of alkyl halides is 5. The highest BCUT2D eigenvalue weighted by Gasteiger charge is 2.53. The SMILES string of the molecule is C[C@@]12CCCNS1([O-])C[C@@](CF)(c1nc(NC(=O)c3ccc(OCC(F)(F)C(F)F)cn3)ccc1F)N=C2N. The maximum Gasteiger partial charge on any atom is 0.340 e. The number of amidine groups is 1. The zero-order valence-corrected chi connectivity index (χ0v) is 21.3. The zero-order valence-electron chi connectivity index (χ0n) is 20.5. The molecule has 39 heavy (non-hydrogen) atoms. The van der Waals surface area contributed by atoms with Crippen LogP contribution in [0.15, 0.2) is 35.5 Å². The number of carbonyl (C=O) groups excluding carboxylic acids is 1. The molecule has 0 aromatic carbocycles. The second-order valence-electron chi connectivity index (χ2n) is 9.42. The standard InChI is InChI=1S/C23H26F6N6O3S/c1-21-7-2-8-32-39(21,37)12-22(10-24,35-20(21)30)17-14(25)4-6-16(33-17)34-18(36)15-5-3-13(9-31-15)38-11-23(28,29)19(26)27/h3-6,9,19,32,37H,2,7-8,10-12H2,1H3,(H2,30,35)(H,33,34,36)/p-1/t21-,22-/m0/s1. The van der Waals surface area contributed by atoms with Crippen LogP contribution in [0, 0.1) is 5.82 Å². The summed E-state index contributed by atoms with van der Waals surface area (Å²) in [5.41, 5.74) is 3.41. The van der Waals surface area contributed by atoms with E-state index in [9.17, 15) is 35.7 Å². The van der Waals surface area contributed by atoms with Crippen molar-refractivity contribution in [2.45, 2.75) is 42.4 Å². The van der Waals surface area contributed by atoms with E-state index in [4.69, 9.17) is 5.73 Å². The minimum Gasteiger partial charge on any atom is -0.800 e. The number of nitrogens with two attached hydrogens (primary N) is 1. The molecule has 1 amide bonds. The topological polar surface area (TPSA) is 138 Å². The number of aromatic nitrogens is 2.